The van der Waals surface area contributed by atoms with Crippen molar-refractivity contribution >= 4 is 55.3 Å². The fourth-order valence-electron chi connectivity index (χ4n) is 1.86. The number of benzene rings is 1. The average molecular weight is 478 g/mol. The Morgan fingerprint density at radius 1 is 1.12 bits per heavy atom. The molecule has 0 atom stereocenters. The fraction of sp³-hybridized carbons (Fsp3) is 0.200. The molecule has 0 bridgehead atoms. The number of ether oxygens (including phenoxy) is 3. The lowest BCUT2D eigenvalue weighted by Crippen LogP contribution is -2.17. The van der Waals surface area contributed by atoms with Crippen molar-refractivity contribution in [2.45, 2.75) is 0 Å². The Hall–Kier alpha value is -1.58. The minimum Gasteiger partial charge on any atom is -0.493 e. The lowest BCUT2D eigenvalue weighted by Gasteiger charge is -2.13. The van der Waals surface area contributed by atoms with Crippen molar-refractivity contribution in [3.05, 3.63) is 36.9 Å². The highest BCUT2D eigenvalue weighted by Gasteiger charge is 2.16. The van der Waals surface area contributed by atoms with Gasteiger partial charge in [0, 0.05) is 14.9 Å². The number of carbonyl (C=O) groups is 1. The van der Waals surface area contributed by atoms with Crippen LogP contribution in [-0.4, -0.2) is 33.5 Å². The highest BCUT2D eigenvalue weighted by atomic mass is 79.9. The first-order chi connectivity index (χ1) is 11.5. The second-order valence-electron chi connectivity index (χ2n) is 4.38. The minimum atomic E-state index is -0.389. The summed E-state index contributed by atoms with van der Waals surface area (Å²) in [4.78, 5) is 13.1. The smallest absolute Gasteiger partial charge is 0.271 e. The molecule has 1 heterocycles. The summed E-state index contributed by atoms with van der Waals surface area (Å²) in [6.45, 7) is 0. The van der Waals surface area contributed by atoms with Crippen molar-refractivity contribution in [3.63, 3.8) is 0 Å². The monoisotopic (exact) mass is 476 g/mol. The molecule has 0 radical (unpaired) electrons. The second-order valence-corrected chi connectivity index (χ2v) is 7.64. The number of rotatable bonds is 6. The molecule has 1 amide bonds. The third kappa shape index (κ3) is 4.28. The number of hydrogen-bond acceptors (Lipinski definition) is 6. The summed E-state index contributed by atoms with van der Waals surface area (Å²) >= 11 is 8.29. The van der Waals surface area contributed by atoms with Crippen LogP contribution in [0.4, 0.5) is 0 Å². The number of methoxy groups -OCH3 is 3. The van der Waals surface area contributed by atoms with E-state index in [0.29, 0.717) is 22.8 Å². The van der Waals surface area contributed by atoms with Crippen molar-refractivity contribution < 1.29 is 19.0 Å². The molecule has 0 aliphatic carbocycles. The van der Waals surface area contributed by atoms with Crippen LogP contribution in [0.2, 0.25) is 0 Å². The number of amides is 1. The first-order valence-electron chi connectivity index (χ1n) is 6.58. The Labute approximate surface area is 160 Å². The third-order valence-electron chi connectivity index (χ3n) is 2.95. The summed E-state index contributed by atoms with van der Waals surface area (Å²) in [6, 6.07) is 5.01. The number of nitrogens with one attached hydrogen (secondary N) is 1. The number of hydrazone groups is 1. The molecule has 0 aliphatic heterocycles. The van der Waals surface area contributed by atoms with Crippen LogP contribution in [0.1, 0.15) is 15.2 Å². The number of nitrogens with zero attached hydrogens (tertiary/aromatic N) is 1. The highest BCUT2D eigenvalue weighted by Crippen LogP contribution is 2.38. The molecule has 1 aromatic carbocycles. The van der Waals surface area contributed by atoms with Crippen molar-refractivity contribution in [2.24, 2.45) is 5.10 Å². The normalized spacial score (nSPS) is 10.7. The van der Waals surface area contributed by atoms with Gasteiger partial charge >= 0.3 is 0 Å². The van der Waals surface area contributed by atoms with E-state index in [9.17, 15) is 4.79 Å². The Bertz CT molecular complexity index is 732. The van der Waals surface area contributed by atoms with E-state index < -0.39 is 0 Å². The van der Waals surface area contributed by atoms with Crippen LogP contribution in [0.3, 0.4) is 0 Å². The molecule has 0 fully saturated rings. The zero-order valence-electron chi connectivity index (χ0n) is 13.1. The van der Waals surface area contributed by atoms with Crippen LogP contribution in [0.5, 0.6) is 17.2 Å². The minimum absolute atomic E-state index is 0.343. The predicted octanol–water partition coefficient (Wildman–Crippen LogP) is 4.06. The summed E-state index contributed by atoms with van der Waals surface area (Å²) in [5, 5.41) is 3.96. The van der Waals surface area contributed by atoms with E-state index in [-0.39, 0.29) is 5.91 Å². The van der Waals surface area contributed by atoms with E-state index in [2.05, 4.69) is 42.4 Å². The standard InChI is InChI=1S/C15H14Br2N2O4S/c1-21-11-4-8(5-12(22-2)13(11)23-3)15(20)19-18-7-9-6-10(16)14(17)24-9/h4-7H,1-3H3,(H,19,20)/b18-7+. The summed E-state index contributed by atoms with van der Waals surface area (Å²) in [5.74, 6) is 0.836. The molecular weight excluding hydrogens is 464 g/mol. The molecule has 1 N–H and O–H groups in total. The molecule has 128 valence electrons. The van der Waals surface area contributed by atoms with Crippen LogP contribution in [0, 0.1) is 0 Å². The number of hydrogen-bond donors (Lipinski definition) is 1. The molecular formula is C15H14Br2N2O4S. The highest BCUT2D eigenvalue weighted by molar-refractivity contribution is 9.13. The number of carbonyl (C=O) groups excluding carboxylic acids is 1. The average Bonchev–Trinajstić information content (AvgIpc) is 2.91. The molecule has 0 spiro atoms. The molecule has 0 unspecified atom stereocenters. The zero-order chi connectivity index (χ0) is 17.7. The van der Waals surface area contributed by atoms with Crippen molar-refractivity contribution in [2.75, 3.05) is 21.3 Å². The van der Waals surface area contributed by atoms with E-state index in [1.54, 1.807) is 18.3 Å². The van der Waals surface area contributed by atoms with Gasteiger partial charge in [0.2, 0.25) is 5.75 Å². The van der Waals surface area contributed by atoms with E-state index in [0.717, 1.165) is 13.1 Å². The first-order valence-corrected chi connectivity index (χ1v) is 8.98. The van der Waals surface area contributed by atoms with Gasteiger partial charge in [-0.25, -0.2) is 5.43 Å². The number of halogens is 2. The lowest BCUT2D eigenvalue weighted by atomic mass is 10.1. The van der Waals surface area contributed by atoms with Gasteiger partial charge in [0.05, 0.1) is 31.3 Å². The second kappa shape index (κ2) is 8.50. The Balaban J connectivity index is 2.17. The number of thiophene rings is 1. The van der Waals surface area contributed by atoms with Crippen LogP contribution in [0.15, 0.2) is 31.6 Å². The topological polar surface area (TPSA) is 69.2 Å². The summed E-state index contributed by atoms with van der Waals surface area (Å²) in [6.07, 6.45) is 1.57. The van der Waals surface area contributed by atoms with Gasteiger partial charge in [0.15, 0.2) is 11.5 Å². The maximum absolute atomic E-state index is 12.3. The van der Waals surface area contributed by atoms with Crippen molar-refractivity contribution in [1.82, 2.24) is 5.43 Å². The maximum Gasteiger partial charge on any atom is 0.271 e. The van der Waals surface area contributed by atoms with Crippen LogP contribution in [-0.2, 0) is 0 Å². The first kappa shape index (κ1) is 18.8. The maximum atomic E-state index is 12.3. The van der Waals surface area contributed by atoms with E-state index in [1.165, 1.54) is 32.7 Å². The third-order valence-corrected chi connectivity index (χ3v) is 6.14. The van der Waals surface area contributed by atoms with E-state index in [4.69, 9.17) is 14.2 Å². The lowest BCUT2D eigenvalue weighted by molar-refractivity contribution is 0.0954. The summed E-state index contributed by atoms with van der Waals surface area (Å²) in [7, 11) is 4.48. The molecule has 0 aliphatic rings. The SMILES string of the molecule is COc1cc(C(=O)N/N=C/c2cc(Br)c(Br)s2)cc(OC)c1OC. The van der Waals surface area contributed by atoms with Crippen LogP contribution in [0.25, 0.3) is 0 Å². The zero-order valence-corrected chi connectivity index (χ0v) is 17.0. The largest absolute Gasteiger partial charge is 0.493 e. The van der Waals surface area contributed by atoms with Crippen molar-refractivity contribution in [1.29, 1.82) is 0 Å². The molecule has 1 aromatic heterocycles. The van der Waals surface area contributed by atoms with Crippen LogP contribution < -0.4 is 19.6 Å². The van der Waals surface area contributed by atoms with Gasteiger partial charge in [-0.3, -0.25) is 4.79 Å². The predicted molar refractivity (Wildman–Crippen MR) is 101 cm³/mol. The van der Waals surface area contributed by atoms with Gasteiger partial charge in [0.25, 0.3) is 5.91 Å². The van der Waals surface area contributed by atoms with E-state index in [1.807, 2.05) is 6.07 Å². The summed E-state index contributed by atoms with van der Waals surface area (Å²) in [5.41, 5.74) is 2.81. The molecule has 2 rings (SSSR count). The quantitative estimate of drug-likeness (QED) is 0.503. The molecule has 2 aromatic rings. The molecule has 24 heavy (non-hydrogen) atoms. The van der Waals surface area contributed by atoms with Crippen LogP contribution >= 0.6 is 43.2 Å². The molecule has 6 nitrogen and oxygen atoms in total. The van der Waals surface area contributed by atoms with Crippen molar-refractivity contribution in [3.8, 4) is 17.2 Å². The van der Waals surface area contributed by atoms with E-state index >= 15 is 0 Å². The van der Waals surface area contributed by atoms with Gasteiger partial charge < -0.3 is 14.2 Å². The summed E-state index contributed by atoms with van der Waals surface area (Å²) < 4.78 is 17.6. The van der Waals surface area contributed by atoms with Gasteiger partial charge in [-0.15, -0.1) is 11.3 Å². The Morgan fingerprint density at radius 2 is 1.75 bits per heavy atom. The molecule has 0 saturated heterocycles. The molecule has 0 saturated carbocycles. The molecule has 9 heteroatoms. The van der Waals surface area contributed by atoms with Gasteiger partial charge in [-0.1, -0.05) is 0 Å². The Kier molecular flexibility index (Phi) is 6.64. The Morgan fingerprint density at radius 3 is 2.21 bits per heavy atom. The van der Waals surface area contributed by atoms with Gasteiger partial charge in [-0.2, -0.15) is 5.10 Å². The van der Waals surface area contributed by atoms with Gasteiger partial charge in [-0.05, 0) is 50.1 Å². The van der Waals surface area contributed by atoms with Gasteiger partial charge in [0.1, 0.15) is 0 Å². The fourth-order valence-corrected chi connectivity index (χ4v) is 3.82.